The van der Waals surface area contributed by atoms with Crippen molar-refractivity contribution in [3.63, 3.8) is 0 Å². The lowest BCUT2D eigenvalue weighted by molar-refractivity contribution is -0.0249. The van der Waals surface area contributed by atoms with E-state index in [-0.39, 0.29) is 33.5 Å². The van der Waals surface area contributed by atoms with Crippen LogP contribution in [0, 0.1) is 0 Å². The highest BCUT2D eigenvalue weighted by Gasteiger charge is 2.44. The molecule has 1 saturated carbocycles. The summed E-state index contributed by atoms with van der Waals surface area (Å²) in [5, 5.41) is 29.8. The molecule has 0 unspecified atom stereocenters. The van der Waals surface area contributed by atoms with E-state index in [1.807, 2.05) is 0 Å². The summed E-state index contributed by atoms with van der Waals surface area (Å²) in [6, 6.07) is 6.71. The van der Waals surface area contributed by atoms with Crippen molar-refractivity contribution in [2.75, 3.05) is 5.73 Å². The van der Waals surface area contributed by atoms with Crippen LogP contribution >= 0.6 is 0 Å². The Hall–Kier alpha value is -2.60. The number of nitrogens with two attached hydrogens (primary N) is 1. The number of aliphatic hydroxyl groups excluding tert-OH is 3. The van der Waals surface area contributed by atoms with Gasteiger partial charge in [0.2, 0.25) is 15.0 Å². The maximum atomic E-state index is 13.2. The normalized spacial score (nSPS) is 25.9. The molecular weight excluding hydrogens is 374 g/mol. The van der Waals surface area contributed by atoms with Crippen LogP contribution in [0.4, 0.5) is 5.82 Å². The van der Waals surface area contributed by atoms with Crippen molar-refractivity contribution < 1.29 is 23.7 Å². The lowest BCUT2D eigenvalue weighted by atomic mass is 10.2. The number of nitrogens with zero attached hydrogens (tertiary/aromatic N) is 4. The number of hydrogen-bond acceptors (Lipinski definition) is 9. The number of sulfone groups is 1. The van der Waals surface area contributed by atoms with E-state index < -0.39 is 34.2 Å². The highest BCUT2D eigenvalue weighted by Crippen LogP contribution is 2.37. The van der Waals surface area contributed by atoms with Gasteiger partial charge in [-0.1, -0.05) is 18.2 Å². The average molecular weight is 391 g/mol. The zero-order valence-electron chi connectivity index (χ0n) is 13.9. The summed E-state index contributed by atoms with van der Waals surface area (Å²) < 4.78 is 27.6. The summed E-state index contributed by atoms with van der Waals surface area (Å²) in [5.74, 6) is -0.0168. The maximum Gasteiger partial charge on any atom is 0.240 e. The monoisotopic (exact) mass is 391 g/mol. The molecule has 142 valence electrons. The summed E-state index contributed by atoms with van der Waals surface area (Å²) in [5.41, 5.74) is 5.99. The molecule has 0 bridgehead atoms. The third-order valence-corrected chi connectivity index (χ3v) is 6.38. The number of nitrogen functional groups attached to an aromatic ring is 1. The van der Waals surface area contributed by atoms with Crippen molar-refractivity contribution in [3.8, 4) is 0 Å². The van der Waals surface area contributed by atoms with E-state index in [2.05, 4.69) is 15.0 Å². The minimum absolute atomic E-state index is 0.00155. The average Bonchev–Trinajstić information content (AvgIpc) is 3.17. The molecule has 4 rings (SSSR count). The predicted molar refractivity (Wildman–Crippen MR) is 93.3 cm³/mol. The zero-order valence-corrected chi connectivity index (χ0v) is 14.7. The molecule has 0 spiro atoms. The summed E-state index contributed by atoms with van der Waals surface area (Å²) in [7, 11) is -4.09. The van der Waals surface area contributed by atoms with Crippen LogP contribution in [0.1, 0.15) is 12.5 Å². The lowest BCUT2D eigenvalue weighted by Gasteiger charge is -2.20. The van der Waals surface area contributed by atoms with Crippen LogP contribution in [0.5, 0.6) is 0 Å². The number of fused-ring (bicyclic) bond motifs is 1. The summed E-state index contributed by atoms with van der Waals surface area (Å²) in [6.45, 7) is 0. The summed E-state index contributed by atoms with van der Waals surface area (Å²) >= 11 is 0. The summed E-state index contributed by atoms with van der Waals surface area (Å²) in [6.07, 6.45) is -2.95. The molecule has 27 heavy (non-hydrogen) atoms. The van der Waals surface area contributed by atoms with E-state index in [0.29, 0.717) is 0 Å². The Morgan fingerprint density at radius 1 is 1.07 bits per heavy atom. The van der Waals surface area contributed by atoms with Crippen LogP contribution < -0.4 is 5.73 Å². The zero-order chi connectivity index (χ0) is 19.3. The largest absolute Gasteiger partial charge is 0.390 e. The SMILES string of the molecule is Nc1ncnc2c1nc(S(=O)(=O)c1ccccc1)n2[C@@H]1C[C@H](O)[C@@H](O)[C@H]1O. The second-order valence-electron chi connectivity index (χ2n) is 6.36. The molecule has 1 aliphatic rings. The third-order valence-electron chi connectivity index (χ3n) is 4.72. The molecule has 5 N–H and O–H groups in total. The van der Waals surface area contributed by atoms with E-state index in [1.165, 1.54) is 16.7 Å². The first-order valence-corrected chi connectivity index (χ1v) is 9.63. The Morgan fingerprint density at radius 3 is 2.41 bits per heavy atom. The number of anilines is 1. The molecule has 1 aromatic carbocycles. The van der Waals surface area contributed by atoms with Gasteiger partial charge in [-0.25, -0.2) is 23.4 Å². The van der Waals surface area contributed by atoms with E-state index in [9.17, 15) is 23.7 Å². The molecule has 2 heterocycles. The molecule has 3 aromatic rings. The first-order valence-electron chi connectivity index (χ1n) is 8.15. The van der Waals surface area contributed by atoms with Gasteiger partial charge in [0.1, 0.15) is 18.5 Å². The van der Waals surface area contributed by atoms with Gasteiger partial charge < -0.3 is 21.1 Å². The second kappa shape index (κ2) is 6.23. The molecule has 11 heteroatoms. The number of hydrogen-bond donors (Lipinski definition) is 4. The van der Waals surface area contributed by atoms with Gasteiger partial charge in [0.05, 0.1) is 17.0 Å². The van der Waals surface area contributed by atoms with Crippen molar-refractivity contribution in [2.45, 2.75) is 40.8 Å². The number of rotatable bonds is 3. The quantitative estimate of drug-likeness (QED) is 0.450. The van der Waals surface area contributed by atoms with Crippen LogP contribution in [0.15, 0.2) is 46.7 Å². The number of imidazole rings is 1. The van der Waals surface area contributed by atoms with Crippen LogP contribution in [-0.2, 0) is 9.84 Å². The van der Waals surface area contributed by atoms with E-state index in [0.717, 1.165) is 6.33 Å². The predicted octanol–water partition coefficient (Wildman–Crippen LogP) is -0.731. The molecule has 0 amide bonds. The molecule has 10 nitrogen and oxygen atoms in total. The van der Waals surface area contributed by atoms with Gasteiger partial charge in [0, 0.05) is 0 Å². The minimum atomic E-state index is -4.09. The van der Waals surface area contributed by atoms with Crippen LogP contribution in [0.3, 0.4) is 0 Å². The number of aliphatic hydroxyl groups is 3. The molecule has 0 saturated heterocycles. The molecule has 0 radical (unpaired) electrons. The van der Waals surface area contributed by atoms with Crippen molar-refractivity contribution in [1.82, 2.24) is 19.5 Å². The van der Waals surface area contributed by atoms with Crippen molar-refractivity contribution in [2.24, 2.45) is 0 Å². The Labute approximate surface area is 153 Å². The van der Waals surface area contributed by atoms with E-state index in [1.54, 1.807) is 18.2 Å². The number of benzene rings is 1. The Kier molecular flexibility index (Phi) is 4.11. The maximum absolute atomic E-state index is 13.2. The van der Waals surface area contributed by atoms with Gasteiger partial charge in [0.25, 0.3) is 0 Å². The highest BCUT2D eigenvalue weighted by molar-refractivity contribution is 7.91. The molecule has 4 atom stereocenters. The Morgan fingerprint density at radius 2 is 1.78 bits per heavy atom. The van der Waals surface area contributed by atoms with E-state index in [4.69, 9.17) is 5.73 Å². The van der Waals surface area contributed by atoms with Gasteiger partial charge in [-0.2, -0.15) is 0 Å². The fourth-order valence-electron chi connectivity index (χ4n) is 3.34. The smallest absolute Gasteiger partial charge is 0.240 e. The third kappa shape index (κ3) is 2.67. The minimum Gasteiger partial charge on any atom is -0.390 e. The standard InChI is InChI=1S/C16H17N5O5S/c17-14-11-15(19-7-18-14)21(9-6-10(22)13(24)12(9)23)16(20-11)27(25,26)8-4-2-1-3-5-8/h1-5,7,9-10,12-13,22-24H,6H2,(H2,17,18,19)/t9-,10+,12+,13-/m1/s1. The lowest BCUT2D eigenvalue weighted by Crippen LogP contribution is -2.32. The van der Waals surface area contributed by atoms with Gasteiger partial charge in [-0.15, -0.1) is 0 Å². The van der Waals surface area contributed by atoms with Crippen molar-refractivity contribution in [3.05, 3.63) is 36.7 Å². The molecule has 1 fully saturated rings. The molecule has 2 aromatic heterocycles. The van der Waals surface area contributed by atoms with Crippen molar-refractivity contribution in [1.29, 1.82) is 0 Å². The Bertz CT molecular complexity index is 1100. The number of aromatic nitrogens is 4. The van der Waals surface area contributed by atoms with Crippen LogP contribution in [-0.4, -0.2) is 61.6 Å². The first-order chi connectivity index (χ1) is 12.8. The topological polar surface area (TPSA) is 164 Å². The van der Waals surface area contributed by atoms with Gasteiger partial charge in [-0.05, 0) is 18.6 Å². The van der Waals surface area contributed by atoms with E-state index >= 15 is 0 Å². The van der Waals surface area contributed by atoms with Gasteiger partial charge in [-0.3, -0.25) is 4.57 Å². The molecule has 0 aliphatic heterocycles. The fourth-order valence-corrected chi connectivity index (χ4v) is 4.76. The van der Waals surface area contributed by atoms with Crippen LogP contribution in [0.25, 0.3) is 11.2 Å². The molecule has 1 aliphatic carbocycles. The molecular formula is C16H17N5O5S. The van der Waals surface area contributed by atoms with Gasteiger partial charge >= 0.3 is 0 Å². The fraction of sp³-hybridized carbons (Fsp3) is 0.312. The second-order valence-corrected chi connectivity index (χ2v) is 8.21. The highest BCUT2D eigenvalue weighted by atomic mass is 32.2. The van der Waals surface area contributed by atoms with Crippen LogP contribution in [0.2, 0.25) is 0 Å². The first kappa shape index (κ1) is 17.8. The van der Waals surface area contributed by atoms with Gasteiger partial charge in [0.15, 0.2) is 17.0 Å². The van der Waals surface area contributed by atoms with Crippen molar-refractivity contribution >= 4 is 26.8 Å². The Balaban J connectivity index is 2.00. The summed E-state index contributed by atoms with van der Waals surface area (Å²) in [4.78, 5) is 12.0.